The fraction of sp³-hybridized carbons (Fsp3) is 0. The third kappa shape index (κ3) is 2.97. The Bertz CT molecular complexity index is 982. The topological polar surface area (TPSA) is 22.1 Å². The lowest BCUT2D eigenvalue weighted by molar-refractivity contribution is 0.483. The van der Waals surface area contributed by atoms with E-state index in [4.69, 9.17) is 21.3 Å². The van der Waals surface area contributed by atoms with E-state index in [0.717, 1.165) is 33.7 Å². The van der Waals surface area contributed by atoms with Gasteiger partial charge in [-0.05, 0) is 36.4 Å². The number of aromatic nitrogens is 1. The summed E-state index contributed by atoms with van der Waals surface area (Å²) < 4.78 is 6.11. The van der Waals surface area contributed by atoms with Crippen LogP contribution in [0.5, 0.6) is 11.5 Å². The normalized spacial score (nSPS) is 10.7. The van der Waals surface area contributed by atoms with Crippen LogP contribution in [0, 0.1) is 0 Å². The number of ether oxygens (including phenoxy) is 1. The van der Waals surface area contributed by atoms with Gasteiger partial charge in [-0.15, -0.1) is 0 Å². The van der Waals surface area contributed by atoms with Gasteiger partial charge in [0.2, 0.25) is 0 Å². The van der Waals surface area contributed by atoms with Gasteiger partial charge in [0.25, 0.3) is 0 Å². The van der Waals surface area contributed by atoms with E-state index in [9.17, 15) is 0 Å². The first-order valence-corrected chi connectivity index (χ1v) is 8.06. The van der Waals surface area contributed by atoms with Crippen LogP contribution in [0.4, 0.5) is 0 Å². The summed E-state index contributed by atoms with van der Waals surface area (Å²) in [6.07, 6.45) is 0. The van der Waals surface area contributed by atoms with E-state index in [1.54, 1.807) is 0 Å². The molecular weight excluding hydrogens is 318 g/mol. The van der Waals surface area contributed by atoms with Crippen LogP contribution in [0.15, 0.2) is 84.9 Å². The molecular formula is C21H14ClNO. The monoisotopic (exact) mass is 331 g/mol. The van der Waals surface area contributed by atoms with Gasteiger partial charge in [0.05, 0.1) is 5.52 Å². The average Bonchev–Trinajstić information content (AvgIpc) is 2.63. The summed E-state index contributed by atoms with van der Waals surface area (Å²) >= 11 is 6.01. The van der Waals surface area contributed by atoms with Gasteiger partial charge >= 0.3 is 0 Å². The number of benzene rings is 3. The van der Waals surface area contributed by atoms with Gasteiger partial charge in [-0.1, -0.05) is 60.1 Å². The highest BCUT2D eigenvalue weighted by Gasteiger charge is 2.11. The molecule has 116 valence electrons. The lowest BCUT2D eigenvalue weighted by Crippen LogP contribution is -1.92. The second-order valence-electron chi connectivity index (χ2n) is 5.45. The number of hydrogen-bond donors (Lipinski definition) is 0. The maximum absolute atomic E-state index is 6.11. The third-order valence-electron chi connectivity index (χ3n) is 3.78. The average molecular weight is 332 g/mol. The summed E-state index contributed by atoms with van der Waals surface area (Å²) in [5.41, 5.74) is 2.70. The molecule has 0 atom stereocenters. The van der Waals surface area contributed by atoms with Crippen LogP contribution >= 0.6 is 11.6 Å². The van der Waals surface area contributed by atoms with Crippen LogP contribution in [0.25, 0.3) is 22.2 Å². The molecule has 0 fully saturated rings. The quantitative estimate of drug-likeness (QED) is 0.436. The molecule has 0 radical (unpaired) electrons. The molecule has 24 heavy (non-hydrogen) atoms. The Balaban J connectivity index is 1.88. The molecule has 4 aromatic rings. The van der Waals surface area contributed by atoms with E-state index in [2.05, 4.69) is 0 Å². The molecule has 0 aliphatic heterocycles. The van der Waals surface area contributed by atoms with Crippen molar-refractivity contribution in [3.05, 3.63) is 90.0 Å². The van der Waals surface area contributed by atoms with Crippen molar-refractivity contribution in [3.8, 4) is 22.8 Å². The van der Waals surface area contributed by atoms with Crippen molar-refractivity contribution < 1.29 is 4.74 Å². The maximum Gasteiger partial charge on any atom is 0.154 e. The van der Waals surface area contributed by atoms with E-state index in [1.807, 2.05) is 84.9 Å². The summed E-state index contributed by atoms with van der Waals surface area (Å²) in [4.78, 5) is 4.80. The summed E-state index contributed by atoms with van der Waals surface area (Å²) in [6, 6.07) is 27.4. The van der Waals surface area contributed by atoms with Crippen LogP contribution in [-0.4, -0.2) is 4.98 Å². The van der Waals surface area contributed by atoms with Gasteiger partial charge < -0.3 is 4.74 Å². The van der Waals surface area contributed by atoms with Crippen molar-refractivity contribution in [2.24, 2.45) is 0 Å². The van der Waals surface area contributed by atoms with E-state index in [0.29, 0.717) is 5.02 Å². The third-order valence-corrected chi connectivity index (χ3v) is 4.03. The van der Waals surface area contributed by atoms with E-state index in [-0.39, 0.29) is 0 Å². The van der Waals surface area contributed by atoms with Crippen LogP contribution in [0.3, 0.4) is 0 Å². The van der Waals surface area contributed by atoms with E-state index in [1.165, 1.54) is 0 Å². The maximum atomic E-state index is 6.11. The molecule has 0 saturated carbocycles. The van der Waals surface area contributed by atoms with Crippen molar-refractivity contribution >= 4 is 22.5 Å². The number of para-hydroxylation sites is 2. The molecule has 0 amide bonds. The highest BCUT2D eigenvalue weighted by molar-refractivity contribution is 6.30. The Labute approximate surface area is 145 Å². The number of halogens is 1. The summed E-state index contributed by atoms with van der Waals surface area (Å²) in [5.74, 6) is 1.51. The van der Waals surface area contributed by atoms with Gasteiger partial charge in [-0.25, -0.2) is 4.98 Å². The number of fused-ring (bicyclic) bond motifs is 1. The number of nitrogens with zero attached hydrogens (tertiary/aromatic N) is 1. The molecule has 4 rings (SSSR count). The fourth-order valence-electron chi connectivity index (χ4n) is 2.60. The van der Waals surface area contributed by atoms with Gasteiger partial charge in [0.15, 0.2) is 5.75 Å². The zero-order valence-electron chi connectivity index (χ0n) is 12.8. The van der Waals surface area contributed by atoms with Crippen molar-refractivity contribution in [1.29, 1.82) is 0 Å². The van der Waals surface area contributed by atoms with Crippen LogP contribution in [-0.2, 0) is 0 Å². The predicted octanol–water partition coefficient (Wildman–Crippen LogP) is 6.35. The van der Waals surface area contributed by atoms with Gasteiger partial charge in [-0.2, -0.15) is 0 Å². The molecule has 3 aromatic carbocycles. The van der Waals surface area contributed by atoms with E-state index >= 15 is 0 Å². The van der Waals surface area contributed by atoms with Gasteiger partial charge in [-0.3, -0.25) is 0 Å². The molecule has 3 heteroatoms. The molecule has 0 unspecified atom stereocenters. The molecule has 0 aliphatic rings. The van der Waals surface area contributed by atoms with Crippen LogP contribution in [0.2, 0.25) is 5.02 Å². The second kappa shape index (κ2) is 6.34. The minimum absolute atomic E-state index is 0.699. The Morgan fingerprint density at radius 3 is 2.25 bits per heavy atom. The second-order valence-corrected chi connectivity index (χ2v) is 5.89. The summed E-state index contributed by atoms with van der Waals surface area (Å²) in [7, 11) is 0. The molecule has 0 spiro atoms. The SMILES string of the molecule is Clc1ccc(-c2nc3ccccc3cc2Oc2ccccc2)cc1. The molecule has 1 heterocycles. The van der Waals surface area contributed by atoms with Crippen LogP contribution < -0.4 is 4.74 Å². The first-order chi connectivity index (χ1) is 11.8. The first kappa shape index (κ1) is 14.7. The number of pyridine rings is 1. The molecule has 2 nitrogen and oxygen atoms in total. The lowest BCUT2D eigenvalue weighted by Gasteiger charge is -2.12. The van der Waals surface area contributed by atoms with E-state index < -0.39 is 0 Å². The zero-order valence-corrected chi connectivity index (χ0v) is 13.6. The molecule has 1 aromatic heterocycles. The highest BCUT2D eigenvalue weighted by Crippen LogP contribution is 2.34. The Hall–Kier alpha value is -2.84. The van der Waals surface area contributed by atoms with Crippen molar-refractivity contribution in [2.45, 2.75) is 0 Å². The smallest absolute Gasteiger partial charge is 0.154 e. The van der Waals surface area contributed by atoms with Gasteiger partial charge in [0, 0.05) is 16.0 Å². The molecule has 0 saturated heterocycles. The predicted molar refractivity (Wildman–Crippen MR) is 98.7 cm³/mol. The largest absolute Gasteiger partial charge is 0.455 e. The van der Waals surface area contributed by atoms with Crippen molar-refractivity contribution in [2.75, 3.05) is 0 Å². The zero-order chi connectivity index (χ0) is 16.4. The van der Waals surface area contributed by atoms with Crippen molar-refractivity contribution in [1.82, 2.24) is 4.98 Å². The molecule has 0 aliphatic carbocycles. The van der Waals surface area contributed by atoms with Crippen LogP contribution in [0.1, 0.15) is 0 Å². The lowest BCUT2D eigenvalue weighted by atomic mass is 10.1. The number of hydrogen-bond acceptors (Lipinski definition) is 2. The fourth-order valence-corrected chi connectivity index (χ4v) is 2.73. The Morgan fingerprint density at radius 2 is 1.46 bits per heavy atom. The first-order valence-electron chi connectivity index (χ1n) is 7.68. The van der Waals surface area contributed by atoms with Crippen molar-refractivity contribution in [3.63, 3.8) is 0 Å². The minimum atomic E-state index is 0.699. The Kier molecular flexibility index (Phi) is 3.89. The highest BCUT2D eigenvalue weighted by atomic mass is 35.5. The minimum Gasteiger partial charge on any atom is -0.455 e. The summed E-state index contributed by atoms with van der Waals surface area (Å²) in [5, 5.41) is 1.74. The summed E-state index contributed by atoms with van der Waals surface area (Å²) in [6.45, 7) is 0. The van der Waals surface area contributed by atoms with Gasteiger partial charge in [0.1, 0.15) is 11.4 Å². The molecule has 0 bridgehead atoms. The Morgan fingerprint density at radius 1 is 0.750 bits per heavy atom. The number of rotatable bonds is 3. The molecule has 0 N–H and O–H groups in total. The standard InChI is InChI=1S/C21H14ClNO/c22-17-12-10-15(11-13-17)21-20(24-18-7-2-1-3-8-18)14-16-6-4-5-9-19(16)23-21/h1-14H.